The van der Waals surface area contributed by atoms with Gasteiger partial charge in [0.15, 0.2) is 0 Å². The maximum Gasteiger partial charge on any atom is 0.106 e. The summed E-state index contributed by atoms with van der Waals surface area (Å²) in [6.45, 7) is 6.93. The first-order valence-electron chi connectivity index (χ1n) is 3.46. The second-order valence-corrected chi connectivity index (χ2v) is 2.82. The first-order valence-corrected chi connectivity index (χ1v) is 3.46. The summed E-state index contributed by atoms with van der Waals surface area (Å²) in [5.74, 6) is 0. The van der Waals surface area contributed by atoms with Crippen LogP contribution in [0.15, 0.2) is 0 Å². The van der Waals surface area contributed by atoms with Crippen molar-refractivity contribution >= 4 is 0 Å². The summed E-state index contributed by atoms with van der Waals surface area (Å²) >= 11 is 0. The van der Waals surface area contributed by atoms with Crippen molar-refractivity contribution in [2.45, 2.75) is 32.9 Å². The van der Waals surface area contributed by atoms with Gasteiger partial charge in [0.05, 0.1) is 0 Å². The Morgan fingerprint density at radius 1 is 1.44 bits per heavy atom. The van der Waals surface area contributed by atoms with E-state index >= 15 is 0 Å². The van der Waals surface area contributed by atoms with E-state index in [4.69, 9.17) is 0 Å². The van der Waals surface area contributed by atoms with Gasteiger partial charge in [-0.1, -0.05) is 6.92 Å². The van der Waals surface area contributed by atoms with Crippen LogP contribution >= 0.6 is 0 Å². The van der Waals surface area contributed by atoms with Crippen LogP contribution in [0.3, 0.4) is 0 Å². The standard InChI is InChI=1S/C7H16FN/c1-4-9-6-5-7(2,3)8/h9H,4-6H2,1-3H3. The van der Waals surface area contributed by atoms with Crippen molar-refractivity contribution in [3.63, 3.8) is 0 Å². The summed E-state index contributed by atoms with van der Waals surface area (Å²) < 4.78 is 12.7. The largest absolute Gasteiger partial charge is 0.317 e. The molecule has 0 aromatic rings. The highest BCUT2D eigenvalue weighted by molar-refractivity contribution is 4.66. The van der Waals surface area contributed by atoms with Crippen LogP contribution in [0.25, 0.3) is 0 Å². The van der Waals surface area contributed by atoms with Gasteiger partial charge in [-0.15, -0.1) is 0 Å². The van der Waals surface area contributed by atoms with Crippen LogP contribution in [0.1, 0.15) is 27.2 Å². The number of rotatable bonds is 4. The molecule has 0 rings (SSSR count). The smallest absolute Gasteiger partial charge is 0.106 e. The van der Waals surface area contributed by atoms with Crippen LogP contribution in [0, 0.1) is 0 Å². The van der Waals surface area contributed by atoms with Crippen LogP contribution < -0.4 is 5.32 Å². The van der Waals surface area contributed by atoms with Crippen molar-refractivity contribution < 1.29 is 4.39 Å². The minimum atomic E-state index is -1.01. The van der Waals surface area contributed by atoms with Gasteiger partial charge in [0, 0.05) is 0 Å². The molecule has 0 radical (unpaired) electrons. The fourth-order valence-corrected chi connectivity index (χ4v) is 0.562. The lowest BCUT2D eigenvalue weighted by molar-refractivity contribution is 0.201. The maximum absolute atomic E-state index is 12.7. The molecule has 0 unspecified atom stereocenters. The first kappa shape index (κ1) is 8.89. The molecule has 0 saturated heterocycles. The van der Waals surface area contributed by atoms with Gasteiger partial charge in [0.2, 0.25) is 0 Å². The highest BCUT2D eigenvalue weighted by Crippen LogP contribution is 2.11. The molecule has 0 aromatic heterocycles. The summed E-state index contributed by atoms with van der Waals surface area (Å²) in [6, 6.07) is 0. The number of nitrogens with one attached hydrogen (secondary N) is 1. The normalized spacial score (nSPS) is 12.0. The molecule has 0 heterocycles. The van der Waals surface area contributed by atoms with Gasteiger partial charge in [-0.05, 0) is 33.4 Å². The summed E-state index contributed by atoms with van der Waals surface area (Å²) in [5, 5.41) is 3.06. The van der Waals surface area contributed by atoms with Crippen molar-refractivity contribution in [1.82, 2.24) is 5.32 Å². The van der Waals surface area contributed by atoms with E-state index in [1.54, 1.807) is 13.8 Å². The Balaban J connectivity index is 3.07. The fourth-order valence-electron chi connectivity index (χ4n) is 0.562. The van der Waals surface area contributed by atoms with Crippen molar-refractivity contribution in [3.05, 3.63) is 0 Å². The van der Waals surface area contributed by atoms with E-state index in [9.17, 15) is 4.39 Å². The Morgan fingerprint density at radius 2 is 2.00 bits per heavy atom. The van der Waals surface area contributed by atoms with Gasteiger partial charge in [-0.2, -0.15) is 0 Å². The van der Waals surface area contributed by atoms with Gasteiger partial charge in [-0.3, -0.25) is 0 Å². The summed E-state index contributed by atoms with van der Waals surface area (Å²) in [7, 11) is 0. The molecule has 0 saturated carbocycles. The van der Waals surface area contributed by atoms with Crippen molar-refractivity contribution in [3.8, 4) is 0 Å². The van der Waals surface area contributed by atoms with Crippen LogP contribution in [0.5, 0.6) is 0 Å². The summed E-state index contributed by atoms with van der Waals surface area (Å²) in [6.07, 6.45) is 0.598. The minimum absolute atomic E-state index is 0.598. The highest BCUT2D eigenvalue weighted by atomic mass is 19.1. The lowest BCUT2D eigenvalue weighted by Gasteiger charge is -2.12. The SMILES string of the molecule is CCNCCC(C)(C)F. The van der Waals surface area contributed by atoms with E-state index in [1.165, 1.54) is 0 Å². The molecule has 0 aromatic carbocycles. The molecule has 0 aliphatic heterocycles. The topological polar surface area (TPSA) is 12.0 Å². The number of halogens is 1. The third-order valence-corrected chi connectivity index (χ3v) is 1.15. The third kappa shape index (κ3) is 7.89. The monoisotopic (exact) mass is 133 g/mol. The second kappa shape index (κ2) is 3.83. The van der Waals surface area contributed by atoms with Gasteiger partial charge in [0.1, 0.15) is 5.67 Å². The minimum Gasteiger partial charge on any atom is -0.317 e. The molecule has 0 atom stereocenters. The van der Waals surface area contributed by atoms with Crippen LogP contribution in [0.2, 0.25) is 0 Å². The molecular formula is C7H16FN. The van der Waals surface area contributed by atoms with Crippen molar-refractivity contribution in [1.29, 1.82) is 0 Å². The molecule has 2 heteroatoms. The molecule has 56 valence electrons. The molecule has 1 nitrogen and oxygen atoms in total. The Labute approximate surface area is 56.6 Å². The lowest BCUT2D eigenvalue weighted by Crippen LogP contribution is -2.22. The quantitative estimate of drug-likeness (QED) is 0.576. The molecule has 1 N–H and O–H groups in total. The van der Waals surface area contributed by atoms with E-state index < -0.39 is 5.67 Å². The van der Waals surface area contributed by atoms with Gasteiger partial charge in [-0.25, -0.2) is 4.39 Å². The van der Waals surface area contributed by atoms with Gasteiger partial charge in [0.25, 0.3) is 0 Å². The second-order valence-electron chi connectivity index (χ2n) is 2.82. The average Bonchev–Trinajstić information content (AvgIpc) is 1.63. The predicted octanol–water partition coefficient (Wildman–Crippen LogP) is 1.73. The van der Waals surface area contributed by atoms with E-state index in [1.807, 2.05) is 6.92 Å². The molecule has 0 fully saturated rings. The zero-order chi connectivity index (χ0) is 7.33. The summed E-state index contributed by atoms with van der Waals surface area (Å²) in [5.41, 5.74) is -1.01. The predicted molar refractivity (Wildman–Crippen MR) is 38.3 cm³/mol. The fraction of sp³-hybridized carbons (Fsp3) is 1.00. The zero-order valence-electron chi connectivity index (χ0n) is 6.50. The number of hydrogen-bond donors (Lipinski definition) is 1. The van der Waals surface area contributed by atoms with E-state index in [0.29, 0.717) is 6.42 Å². The van der Waals surface area contributed by atoms with Crippen LogP contribution in [-0.2, 0) is 0 Å². The number of hydrogen-bond acceptors (Lipinski definition) is 1. The first-order chi connectivity index (χ1) is 4.06. The van der Waals surface area contributed by atoms with Crippen molar-refractivity contribution in [2.75, 3.05) is 13.1 Å². The van der Waals surface area contributed by atoms with Gasteiger partial charge < -0.3 is 5.32 Å². The Morgan fingerprint density at radius 3 is 2.33 bits per heavy atom. The zero-order valence-corrected chi connectivity index (χ0v) is 6.50. The highest BCUT2D eigenvalue weighted by Gasteiger charge is 2.13. The van der Waals surface area contributed by atoms with E-state index in [0.717, 1.165) is 13.1 Å². The van der Waals surface area contributed by atoms with E-state index in [2.05, 4.69) is 5.32 Å². The Bertz CT molecular complexity index is 65.8. The van der Waals surface area contributed by atoms with Crippen LogP contribution in [-0.4, -0.2) is 18.8 Å². The summed E-state index contributed by atoms with van der Waals surface area (Å²) in [4.78, 5) is 0. The lowest BCUT2D eigenvalue weighted by atomic mass is 10.1. The average molecular weight is 133 g/mol. The third-order valence-electron chi connectivity index (χ3n) is 1.15. The molecular weight excluding hydrogens is 117 g/mol. The molecule has 0 aliphatic carbocycles. The van der Waals surface area contributed by atoms with Crippen LogP contribution in [0.4, 0.5) is 4.39 Å². The molecule has 0 bridgehead atoms. The molecule has 0 aliphatic rings. The Kier molecular flexibility index (Phi) is 3.78. The van der Waals surface area contributed by atoms with Crippen molar-refractivity contribution in [2.24, 2.45) is 0 Å². The molecule has 0 amide bonds. The maximum atomic E-state index is 12.7. The molecule has 9 heavy (non-hydrogen) atoms. The number of alkyl halides is 1. The molecule has 0 spiro atoms. The van der Waals surface area contributed by atoms with E-state index in [-0.39, 0.29) is 0 Å². The Hall–Kier alpha value is -0.110. The van der Waals surface area contributed by atoms with Gasteiger partial charge >= 0.3 is 0 Å².